The highest BCUT2D eigenvalue weighted by atomic mass is 32.1. The van der Waals surface area contributed by atoms with Gasteiger partial charge >= 0.3 is 0 Å². The maximum atomic E-state index is 13.6. The van der Waals surface area contributed by atoms with Gasteiger partial charge in [0.25, 0.3) is 0 Å². The van der Waals surface area contributed by atoms with Crippen LogP contribution in [0.1, 0.15) is 22.4 Å². The van der Waals surface area contributed by atoms with Crippen molar-refractivity contribution in [1.29, 1.82) is 0 Å². The summed E-state index contributed by atoms with van der Waals surface area (Å²) in [5, 5.41) is 0. The van der Waals surface area contributed by atoms with Crippen molar-refractivity contribution in [3.63, 3.8) is 0 Å². The van der Waals surface area contributed by atoms with E-state index in [2.05, 4.69) is 4.37 Å². The number of nitrogens with two attached hydrogens (primary N) is 1. The summed E-state index contributed by atoms with van der Waals surface area (Å²) in [5.41, 5.74) is 6.87. The van der Waals surface area contributed by atoms with E-state index in [1.54, 1.807) is 11.1 Å². The molecule has 1 aliphatic heterocycles. The molecule has 0 saturated heterocycles. The molecular weight excluding hydrogens is 327 g/mol. The Bertz CT molecular complexity index is 729. The number of benzene rings is 1. The van der Waals surface area contributed by atoms with Gasteiger partial charge in [-0.15, -0.1) is 0 Å². The lowest BCUT2D eigenvalue weighted by molar-refractivity contribution is -0.132. The molecule has 2 heterocycles. The van der Waals surface area contributed by atoms with E-state index in [0.29, 0.717) is 19.2 Å². The zero-order valence-corrected chi connectivity index (χ0v) is 12.9. The lowest BCUT2D eigenvalue weighted by Gasteiger charge is -2.18. The van der Waals surface area contributed by atoms with Gasteiger partial charge in [0.15, 0.2) is 11.6 Å². The Morgan fingerprint density at radius 2 is 2.00 bits per heavy atom. The number of carbonyl (C=O) groups excluding carboxylic acids is 1. The van der Waals surface area contributed by atoms with Crippen LogP contribution in [0.3, 0.4) is 0 Å². The van der Waals surface area contributed by atoms with Gasteiger partial charge in [-0.3, -0.25) is 4.79 Å². The van der Waals surface area contributed by atoms with Gasteiger partial charge in [0.1, 0.15) is 5.82 Å². The fraction of sp³-hybridized carbons (Fsp3) is 0.333. The van der Waals surface area contributed by atoms with E-state index in [4.69, 9.17) is 5.73 Å². The first-order chi connectivity index (χ1) is 10.9. The summed E-state index contributed by atoms with van der Waals surface area (Å²) in [4.78, 5) is 14.9. The fourth-order valence-electron chi connectivity index (χ4n) is 2.58. The Morgan fingerprint density at radius 1 is 1.26 bits per heavy atom. The van der Waals surface area contributed by atoms with Gasteiger partial charge in [-0.25, -0.2) is 17.5 Å². The van der Waals surface area contributed by atoms with Crippen LogP contribution in [-0.4, -0.2) is 21.2 Å². The van der Waals surface area contributed by atoms with Gasteiger partial charge in [0.05, 0.1) is 6.54 Å². The van der Waals surface area contributed by atoms with Crippen molar-refractivity contribution in [3.8, 4) is 0 Å². The molecule has 1 amide bonds. The molecule has 122 valence electrons. The summed E-state index contributed by atoms with van der Waals surface area (Å²) in [6.45, 7) is 1.00. The topological polar surface area (TPSA) is 59.2 Å². The third kappa shape index (κ3) is 3.37. The molecule has 1 aromatic carbocycles. The van der Waals surface area contributed by atoms with Crippen LogP contribution >= 0.6 is 11.5 Å². The Balaban J connectivity index is 1.59. The number of hydrogen-bond acceptors (Lipinski definition) is 4. The van der Waals surface area contributed by atoms with Gasteiger partial charge in [0, 0.05) is 41.7 Å². The first-order valence-corrected chi connectivity index (χ1v) is 7.80. The van der Waals surface area contributed by atoms with Crippen LogP contribution in [0.25, 0.3) is 0 Å². The molecule has 1 atom stereocenters. The smallest absolute Gasteiger partial charge is 0.224 e. The van der Waals surface area contributed by atoms with Gasteiger partial charge in [-0.2, -0.15) is 0 Å². The molecule has 1 aliphatic rings. The zero-order valence-electron chi connectivity index (χ0n) is 12.1. The van der Waals surface area contributed by atoms with Crippen molar-refractivity contribution in [1.82, 2.24) is 9.27 Å². The molecule has 23 heavy (non-hydrogen) atoms. The van der Waals surface area contributed by atoms with Crippen LogP contribution in [0.15, 0.2) is 18.3 Å². The molecule has 0 aliphatic carbocycles. The van der Waals surface area contributed by atoms with E-state index in [0.717, 1.165) is 16.5 Å². The predicted molar refractivity (Wildman–Crippen MR) is 79.0 cm³/mol. The first-order valence-electron chi connectivity index (χ1n) is 7.03. The van der Waals surface area contributed by atoms with Crippen LogP contribution < -0.4 is 5.73 Å². The lowest BCUT2D eigenvalue weighted by atomic mass is 10.0. The molecule has 2 N–H and O–H groups in total. The van der Waals surface area contributed by atoms with E-state index in [9.17, 15) is 18.0 Å². The van der Waals surface area contributed by atoms with E-state index >= 15 is 0 Å². The molecule has 0 saturated carbocycles. The Kier molecular flexibility index (Phi) is 4.36. The minimum atomic E-state index is -1.24. The standard InChI is InChI=1S/C15H14F3N3OS/c16-11-4-13(18)12(17)2-8(11)1-10(19)3-15(22)21-6-9-5-20-23-14(9)7-21/h2,4-5,10H,1,3,6-7,19H2/t10-/m1/s1. The van der Waals surface area contributed by atoms with Crippen molar-refractivity contribution < 1.29 is 18.0 Å². The van der Waals surface area contributed by atoms with Gasteiger partial charge < -0.3 is 10.6 Å². The van der Waals surface area contributed by atoms with E-state index in [1.807, 2.05) is 0 Å². The molecule has 0 spiro atoms. The molecule has 0 fully saturated rings. The highest BCUT2D eigenvalue weighted by Crippen LogP contribution is 2.26. The van der Waals surface area contributed by atoms with Gasteiger partial charge in [-0.1, -0.05) is 0 Å². The quantitative estimate of drug-likeness (QED) is 0.869. The van der Waals surface area contributed by atoms with Crippen molar-refractivity contribution in [2.24, 2.45) is 5.73 Å². The number of carbonyl (C=O) groups is 1. The third-order valence-corrected chi connectivity index (χ3v) is 4.61. The minimum absolute atomic E-state index is 0.0147. The third-order valence-electron chi connectivity index (χ3n) is 3.79. The number of rotatable bonds is 4. The van der Waals surface area contributed by atoms with E-state index < -0.39 is 23.5 Å². The van der Waals surface area contributed by atoms with Crippen molar-refractivity contribution in [2.75, 3.05) is 0 Å². The molecular formula is C15H14F3N3OS. The maximum Gasteiger partial charge on any atom is 0.224 e. The molecule has 2 aromatic rings. The Labute approximate surface area is 134 Å². The second-order valence-electron chi connectivity index (χ2n) is 5.55. The number of amides is 1. The Morgan fingerprint density at radius 3 is 2.74 bits per heavy atom. The van der Waals surface area contributed by atoms with E-state index in [1.165, 1.54) is 11.5 Å². The Hall–Kier alpha value is -1.93. The van der Waals surface area contributed by atoms with Crippen molar-refractivity contribution >= 4 is 17.4 Å². The predicted octanol–water partition coefficient (Wildman–Crippen LogP) is 2.36. The summed E-state index contributed by atoms with van der Waals surface area (Å²) >= 11 is 1.36. The van der Waals surface area contributed by atoms with E-state index in [-0.39, 0.29) is 24.3 Å². The van der Waals surface area contributed by atoms with Crippen LogP contribution in [-0.2, 0) is 24.3 Å². The maximum absolute atomic E-state index is 13.6. The SMILES string of the molecule is N[C@@H](CC(=O)N1Cc2cnsc2C1)Cc1cc(F)c(F)cc1F. The summed E-state index contributed by atoms with van der Waals surface area (Å²) in [6.07, 6.45) is 1.72. The van der Waals surface area contributed by atoms with Gasteiger partial charge in [-0.05, 0) is 29.6 Å². The number of fused-ring (bicyclic) bond motifs is 1. The normalized spacial score (nSPS) is 14.9. The number of hydrogen-bond donors (Lipinski definition) is 1. The molecule has 0 radical (unpaired) electrons. The number of halogens is 3. The zero-order chi connectivity index (χ0) is 16.6. The van der Waals surface area contributed by atoms with Crippen LogP contribution in [0, 0.1) is 17.5 Å². The average Bonchev–Trinajstić information content (AvgIpc) is 3.05. The summed E-state index contributed by atoms with van der Waals surface area (Å²) in [7, 11) is 0. The van der Waals surface area contributed by atoms with Crippen LogP contribution in [0.5, 0.6) is 0 Å². The second kappa shape index (κ2) is 6.29. The lowest BCUT2D eigenvalue weighted by Crippen LogP contribution is -2.34. The molecule has 1 aromatic heterocycles. The van der Waals surface area contributed by atoms with Gasteiger partial charge in [0.2, 0.25) is 5.91 Å². The largest absolute Gasteiger partial charge is 0.333 e. The molecule has 8 heteroatoms. The fourth-order valence-corrected chi connectivity index (χ4v) is 3.34. The second-order valence-corrected chi connectivity index (χ2v) is 6.44. The molecule has 3 rings (SSSR count). The molecule has 4 nitrogen and oxygen atoms in total. The monoisotopic (exact) mass is 341 g/mol. The highest BCUT2D eigenvalue weighted by molar-refractivity contribution is 7.05. The summed E-state index contributed by atoms with van der Waals surface area (Å²) in [5.74, 6) is -3.38. The van der Waals surface area contributed by atoms with Crippen LogP contribution in [0.4, 0.5) is 13.2 Å². The summed E-state index contributed by atoms with van der Waals surface area (Å²) in [6, 6.07) is 0.609. The highest BCUT2D eigenvalue weighted by Gasteiger charge is 2.26. The van der Waals surface area contributed by atoms with Crippen molar-refractivity contribution in [3.05, 3.63) is 51.8 Å². The summed E-state index contributed by atoms with van der Waals surface area (Å²) < 4.78 is 43.7. The van der Waals surface area contributed by atoms with Crippen molar-refractivity contribution in [2.45, 2.75) is 32.0 Å². The minimum Gasteiger partial charge on any atom is -0.333 e. The van der Waals surface area contributed by atoms with Crippen LogP contribution in [0.2, 0.25) is 0 Å². The molecule has 0 bridgehead atoms. The first kappa shape index (κ1) is 15.9. The number of nitrogens with zero attached hydrogens (tertiary/aromatic N) is 2. The molecule has 0 unspecified atom stereocenters. The average molecular weight is 341 g/mol. The number of aromatic nitrogens is 1.